The first kappa shape index (κ1) is 13.2. The van der Waals surface area contributed by atoms with Crippen molar-refractivity contribution in [3.63, 3.8) is 0 Å². The van der Waals surface area contributed by atoms with Gasteiger partial charge in [0.15, 0.2) is 0 Å². The molecule has 0 saturated carbocycles. The molecule has 3 heteroatoms. The van der Waals surface area contributed by atoms with Crippen LogP contribution in [-0.2, 0) is 4.79 Å². The number of carbonyl (C=O) groups is 1. The van der Waals surface area contributed by atoms with E-state index in [0.29, 0.717) is 0 Å². The van der Waals surface area contributed by atoms with E-state index in [1.807, 2.05) is 57.2 Å². The maximum Gasteiger partial charge on any atom is 0.238 e. The molecule has 0 radical (unpaired) electrons. The Morgan fingerprint density at radius 2 is 1.82 bits per heavy atom. The summed E-state index contributed by atoms with van der Waals surface area (Å²) in [5, 5.41) is 11.8. The zero-order valence-electron chi connectivity index (χ0n) is 10.5. The number of hydrogen-bond acceptors (Lipinski definition) is 2. The average molecular weight is 230 g/mol. The Kier molecular flexibility index (Phi) is 4.71. The molecule has 0 fully saturated rings. The molecule has 1 N–H and O–H groups in total. The van der Waals surface area contributed by atoms with Crippen molar-refractivity contribution in [1.29, 1.82) is 5.26 Å². The lowest BCUT2D eigenvalue weighted by Crippen LogP contribution is -2.34. The van der Waals surface area contributed by atoms with Gasteiger partial charge in [-0.3, -0.25) is 4.79 Å². The summed E-state index contributed by atoms with van der Waals surface area (Å²) in [7, 11) is 0. The number of nitrogens with one attached hydrogen (secondary N) is 1. The summed E-state index contributed by atoms with van der Waals surface area (Å²) in [6.45, 7) is 5.67. The molecule has 0 spiro atoms. The van der Waals surface area contributed by atoms with Crippen LogP contribution in [0.15, 0.2) is 30.3 Å². The predicted molar refractivity (Wildman–Crippen MR) is 66.9 cm³/mol. The van der Waals surface area contributed by atoms with Gasteiger partial charge in [-0.2, -0.15) is 5.26 Å². The third-order valence-corrected chi connectivity index (χ3v) is 2.75. The first-order valence-corrected chi connectivity index (χ1v) is 5.81. The quantitative estimate of drug-likeness (QED) is 0.864. The van der Waals surface area contributed by atoms with Crippen LogP contribution < -0.4 is 5.32 Å². The summed E-state index contributed by atoms with van der Waals surface area (Å²) in [5.74, 6) is -0.747. The van der Waals surface area contributed by atoms with Crippen LogP contribution in [0, 0.1) is 23.2 Å². The Hall–Kier alpha value is -1.82. The molecular weight excluding hydrogens is 212 g/mol. The summed E-state index contributed by atoms with van der Waals surface area (Å²) in [5.41, 5.74) is 1.04. The molecule has 1 amide bonds. The molecule has 2 atom stereocenters. The predicted octanol–water partition coefficient (Wildman–Crippen LogP) is 2.66. The summed E-state index contributed by atoms with van der Waals surface area (Å²) in [6, 6.07) is 11.7. The third-order valence-electron chi connectivity index (χ3n) is 2.75. The van der Waals surface area contributed by atoms with Crippen LogP contribution in [0.2, 0.25) is 0 Å². The molecule has 0 aliphatic carbocycles. The minimum absolute atomic E-state index is 0.0305. The van der Waals surface area contributed by atoms with E-state index in [0.717, 1.165) is 5.56 Å². The third kappa shape index (κ3) is 3.60. The number of hydrogen-bond donors (Lipinski definition) is 1. The lowest BCUT2D eigenvalue weighted by Gasteiger charge is -2.18. The second kappa shape index (κ2) is 6.05. The summed E-state index contributed by atoms with van der Waals surface area (Å²) < 4.78 is 0. The number of carbonyl (C=O) groups excluding carboxylic acids is 1. The van der Waals surface area contributed by atoms with Crippen LogP contribution in [-0.4, -0.2) is 5.91 Å². The fraction of sp³-hybridized carbons (Fsp3) is 0.429. The Balaban J connectivity index is 2.67. The van der Waals surface area contributed by atoms with Gasteiger partial charge in [0.1, 0.15) is 5.92 Å². The van der Waals surface area contributed by atoms with E-state index >= 15 is 0 Å². The van der Waals surface area contributed by atoms with Crippen LogP contribution in [0.3, 0.4) is 0 Å². The number of amides is 1. The van der Waals surface area contributed by atoms with Crippen molar-refractivity contribution in [1.82, 2.24) is 5.32 Å². The average Bonchev–Trinajstić information content (AvgIpc) is 2.30. The van der Waals surface area contributed by atoms with Crippen LogP contribution in [0.5, 0.6) is 0 Å². The molecule has 2 unspecified atom stereocenters. The minimum Gasteiger partial charge on any atom is -0.348 e. The van der Waals surface area contributed by atoms with Crippen LogP contribution in [0.1, 0.15) is 32.4 Å². The highest BCUT2D eigenvalue weighted by Crippen LogP contribution is 2.15. The molecule has 3 nitrogen and oxygen atoms in total. The molecule has 0 aromatic heterocycles. The number of benzene rings is 1. The molecule has 0 bridgehead atoms. The Morgan fingerprint density at radius 1 is 1.24 bits per heavy atom. The van der Waals surface area contributed by atoms with Crippen molar-refractivity contribution in [2.24, 2.45) is 11.8 Å². The minimum atomic E-state index is -0.582. The van der Waals surface area contributed by atoms with Gasteiger partial charge in [0.2, 0.25) is 5.91 Å². The molecule has 1 aromatic rings. The van der Waals surface area contributed by atoms with E-state index in [2.05, 4.69) is 5.32 Å². The molecule has 0 saturated heterocycles. The normalized spacial score (nSPS) is 13.8. The van der Waals surface area contributed by atoms with Crippen molar-refractivity contribution in [3.05, 3.63) is 35.9 Å². The Morgan fingerprint density at radius 3 is 2.29 bits per heavy atom. The summed E-state index contributed by atoms with van der Waals surface area (Å²) in [6.07, 6.45) is 0. The molecule has 0 aliphatic heterocycles. The maximum atomic E-state index is 11.9. The lowest BCUT2D eigenvalue weighted by molar-refractivity contribution is -0.125. The molecule has 0 heterocycles. The fourth-order valence-corrected chi connectivity index (χ4v) is 1.64. The lowest BCUT2D eigenvalue weighted by atomic mass is 9.96. The van der Waals surface area contributed by atoms with Crippen LogP contribution in [0.4, 0.5) is 0 Å². The van der Waals surface area contributed by atoms with Crippen molar-refractivity contribution in [2.45, 2.75) is 26.8 Å². The first-order valence-electron chi connectivity index (χ1n) is 5.81. The van der Waals surface area contributed by atoms with Crippen molar-refractivity contribution >= 4 is 5.91 Å². The van der Waals surface area contributed by atoms with Gasteiger partial charge in [-0.15, -0.1) is 0 Å². The number of nitrogens with zero attached hydrogens (tertiary/aromatic N) is 1. The molecule has 17 heavy (non-hydrogen) atoms. The van der Waals surface area contributed by atoms with Gasteiger partial charge in [-0.25, -0.2) is 0 Å². The maximum absolute atomic E-state index is 11.9. The highest BCUT2D eigenvalue weighted by molar-refractivity contribution is 5.81. The molecule has 90 valence electrons. The van der Waals surface area contributed by atoms with E-state index in [1.165, 1.54) is 0 Å². The molecule has 1 aromatic carbocycles. The van der Waals surface area contributed by atoms with Crippen LogP contribution in [0.25, 0.3) is 0 Å². The summed E-state index contributed by atoms with van der Waals surface area (Å²) in [4.78, 5) is 11.9. The first-order chi connectivity index (χ1) is 8.06. The standard InChI is InChI=1S/C14H18N2O/c1-10(2)13(9-15)14(17)16-11(3)12-7-5-4-6-8-12/h4-8,10-11,13H,1-3H3,(H,16,17). The number of nitriles is 1. The van der Waals surface area contributed by atoms with Crippen molar-refractivity contribution < 1.29 is 4.79 Å². The van der Waals surface area contributed by atoms with Crippen molar-refractivity contribution in [3.8, 4) is 6.07 Å². The van der Waals surface area contributed by atoms with Gasteiger partial charge in [-0.05, 0) is 18.4 Å². The highest BCUT2D eigenvalue weighted by Gasteiger charge is 2.22. The van der Waals surface area contributed by atoms with E-state index in [4.69, 9.17) is 5.26 Å². The zero-order chi connectivity index (χ0) is 12.8. The van der Waals surface area contributed by atoms with Crippen molar-refractivity contribution in [2.75, 3.05) is 0 Å². The van der Waals surface area contributed by atoms with Gasteiger partial charge in [0.05, 0.1) is 12.1 Å². The number of rotatable bonds is 4. The van der Waals surface area contributed by atoms with Gasteiger partial charge >= 0.3 is 0 Å². The second-order valence-corrected chi connectivity index (χ2v) is 4.49. The zero-order valence-corrected chi connectivity index (χ0v) is 10.5. The van der Waals surface area contributed by atoms with E-state index in [9.17, 15) is 4.79 Å². The molecule has 1 rings (SSSR count). The largest absolute Gasteiger partial charge is 0.348 e. The Bertz CT molecular complexity index is 406. The van der Waals surface area contributed by atoms with E-state index < -0.39 is 5.92 Å². The SMILES string of the molecule is CC(NC(=O)C(C#N)C(C)C)c1ccccc1. The van der Waals surface area contributed by atoms with Gasteiger partial charge < -0.3 is 5.32 Å². The summed E-state index contributed by atoms with van der Waals surface area (Å²) >= 11 is 0. The monoisotopic (exact) mass is 230 g/mol. The highest BCUT2D eigenvalue weighted by atomic mass is 16.1. The van der Waals surface area contributed by atoms with Gasteiger partial charge in [-0.1, -0.05) is 44.2 Å². The van der Waals surface area contributed by atoms with E-state index in [1.54, 1.807) is 0 Å². The Labute approximate surface area is 102 Å². The van der Waals surface area contributed by atoms with E-state index in [-0.39, 0.29) is 17.9 Å². The smallest absolute Gasteiger partial charge is 0.238 e. The second-order valence-electron chi connectivity index (χ2n) is 4.49. The molecule has 0 aliphatic rings. The fourth-order valence-electron chi connectivity index (χ4n) is 1.64. The topological polar surface area (TPSA) is 52.9 Å². The van der Waals surface area contributed by atoms with Crippen LogP contribution >= 0.6 is 0 Å². The van der Waals surface area contributed by atoms with Gasteiger partial charge in [0.25, 0.3) is 0 Å². The molecular formula is C14H18N2O. The van der Waals surface area contributed by atoms with Gasteiger partial charge in [0, 0.05) is 0 Å².